The molecule has 0 rings (SSSR count). The Morgan fingerprint density at radius 2 is 2.50 bits per heavy atom. The van der Waals surface area contributed by atoms with Gasteiger partial charge in [0.2, 0.25) is 0 Å². The van der Waals surface area contributed by atoms with Crippen molar-refractivity contribution in [3.63, 3.8) is 0 Å². The lowest BCUT2D eigenvalue weighted by Gasteiger charge is -2.09. The summed E-state index contributed by atoms with van der Waals surface area (Å²) in [6.45, 7) is 5.14. The van der Waals surface area contributed by atoms with E-state index in [1.165, 1.54) is 6.08 Å². The molecule has 0 heterocycles. The Morgan fingerprint density at radius 1 is 1.90 bits per heavy atom. The number of hydrogen-bond acceptors (Lipinski definition) is 2. The maximum Gasteiger partial charge on any atom is 0.330 e. The van der Waals surface area contributed by atoms with E-state index in [4.69, 9.17) is 4.74 Å². The Kier molecular flexibility index (Phi) is 4.93. The molecule has 2 nitrogen and oxygen atoms in total. The molecule has 0 spiro atoms. The molecule has 0 amide bonds. The van der Waals surface area contributed by atoms with E-state index in [0.717, 1.165) is 12.5 Å². The Balaban J connectivity index is 3.46. The summed E-state index contributed by atoms with van der Waals surface area (Å²) in [7, 11) is 3.29. The molecule has 0 aliphatic carbocycles. The zero-order valence-electron chi connectivity index (χ0n) is 6.09. The first-order valence-electron chi connectivity index (χ1n) is 3.18. The van der Waals surface area contributed by atoms with Gasteiger partial charge >= 0.3 is 5.97 Å². The van der Waals surface area contributed by atoms with Gasteiger partial charge in [0.15, 0.2) is 0 Å². The molecular formula is C7H11O2Si. The zero-order valence-corrected chi connectivity index (χ0v) is 7.09. The quantitative estimate of drug-likeness (QED) is 0.345. The van der Waals surface area contributed by atoms with Gasteiger partial charge < -0.3 is 4.74 Å². The Morgan fingerprint density at radius 3 is 2.90 bits per heavy atom. The number of ether oxygens (including phenoxy) is 1. The van der Waals surface area contributed by atoms with Gasteiger partial charge in [-0.25, -0.2) is 4.79 Å². The van der Waals surface area contributed by atoms with Crippen LogP contribution in [0.3, 0.4) is 0 Å². The predicted molar refractivity (Wildman–Crippen MR) is 40.9 cm³/mol. The Bertz CT molecular complexity index is 123. The molecule has 0 aromatic rings. The highest BCUT2D eigenvalue weighted by atomic mass is 28.1. The second-order valence-corrected chi connectivity index (χ2v) is 2.49. The van der Waals surface area contributed by atoms with E-state index in [-0.39, 0.29) is 12.1 Å². The highest BCUT2D eigenvalue weighted by Crippen LogP contribution is 1.99. The van der Waals surface area contributed by atoms with Gasteiger partial charge in [0.05, 0.1) is 6.10 Å². The number of carbonyl (C=O) groups excluding carboxylic acids is 1. The normalized spacial score (nSPS) is 12.2. The maximum absolute atomic E-state index is 10.5. The van der Waals surface area contributed by atoms with Gasteiger partial charge in [-0.2, -0.15) is 0 Å². The third-order valence-electron chi connectivity index (χ3n) is 1.03. The first-order valence-corrected chi connectivity index (χ1v) is 3.89. The van der Waals surface area contributed by atoms with Gasteiger partial charge in [0.25, 0.3) is 0 Å². The lowest BCUT2D eigenvalue weighted by Crippen LogP contribution is -2.12. The second-order valence-electron chi connectivity index (χ2n) is 1.99. The van der Waals surface area contributed by atoms with E-state index >= 15 is 0 Å². The molecule has 0 saturated heterocycles. The zero-order chi connectivity index (χ0) is 7.98. The summed E-state index contributed by atoms with van der Waals surface area (Å²) in [5.74, 6) is -0.354. The van der Waals surface area contributed by atoms with Gasteiger partial charge in [-0.1, -0.05) is 12.6 Å². The molecule has 0 fully saturated rings. The van der Waals surface area contributed by atoms with Crippen molar-refractivity contribution in [3.05, 3.63) is 12.7 Å². The summed E-state index contributed by atoms with van der Waals surface area (Å²) >= 11 is 0. The van der Waals surface area contributed by atoms with Gasteiger partial charge in [-0.3, -0.25) is 0 Å². The van der Waals surface area contributed by atoms with Crippen molar-refractivity contribution in [1.82, 2.24) is 0 Å². The van der Waals surface area contributed by atoms with Gasteiger partial charge in [-0.15, -0.1) is 0 Å². The van der Waals surface area contributed by atoms with Crippen LogP contribution in [0.25, 0.3) is 0 Å². The van der Waals surface area contributed by atoms with Crippen LogP contribution in [0.4, 0.5) is 0 Å². The second kappa shape index (κ2) is 5.23. The molecule has 55 valence electrons. The van der Waals surface area contributed by atoms with Crippen LogP contribution >= 0.6 is 0 Å². The lowest BCUT2D eigenvalue weighted by molar-refractivity contribution is -0.142. The van der Waals surface area contributed by atoms with Crippen LogP contribution in [0.1, 0.15) is 13.3 Å². The molecule has 1 unspecified atom stereocenters. The SMILES string of the molecule is C=CC(=O)OC(C)CC[Si]. The smallest absolute Gasteiger partial charge is 0.330 e. The van der Waals surface area contributed by atoms with E-state index in [1.807, 2.05) is 6.92 Å². The van der Waals surface area contributed by atoms with Crippen molar-refractivity contribution in [3.8, 4) is 0 Å². The molecule has 1 atom stereocenters. The standard InChI is InChI=1S/C7H11O2Si/c1-3-7(8)9-6(2)4-5-10/h3,6H,1,4-5H2,2H3. The van der Waals surface area contributed by atoms with E-state index in [0.29, 0.717) is 0 Å². The Labute approximate surface area is 64.7 Å². The van der Waals surface area contributed by atoms with Crippen LogP contribution in [0, 0.1) is 0 Å². The molecule has 0 saturated carbocycles. The number of hydrogen-bond donors (Lipinski definition) is 0. The van der Waals surface area contributed by atoms with Crippen LogP contribution in [0.2, 0.25) is 6.04 Å². The largest absolute Gasteiger partial charge is 0.460 e. The van der Waals surface area contributed by atoms with E-state index < -0.39 is 0 Å². The molecule has 3 radical (unpaired) electrons. The minimum absolute atomic E-state index is 0.0250. The van der Waals surface area contributed by atoms with E-state index in [9.17, 15) is 4.79 Å². The lowest BCUT2D eigenvalue weighted by atomic mass is 10.3. The fourth-order valence-corrected chi connectivity index (χ4v) is 0.915. The van der Waals surface area contributed by atoms with Crippen molar-refractivity contribution in [2.75, 3.05) is 0 Å². The first-order chi connectivity index (χ1) is 4.70. The molecule has 0 N–H and O–H groups in total. The molecule has 0 bridgehead atoms. The molecular weight excluding hydrogens is 144 g/mol. The molecule has 0 aromatic heterocycles. The maximum atomic E-state index is 10.5. The van der Waals surface area contributed by atoms with Crippen molar-refractivity contribution in [2.45, 2.75) is 25.5 Å². The van der Waals surface area contributed by atoms with Crippen LogP contribution in [-0.4, -0.2) is 22.3 Å². The average molecular weight is 155 g/mol. The summed E-state index contributed by atoms with van der Waals surface area (Å²) in [6, 6.07) is 0.839. The van der Waals surface area contributed by atoms with Gasteiger partial charge in [0.1, 0.15) is 0 Å². The summed E-state index contributed by atoms with van der Waals surface area (Å²) in [6.07, 6.45) is 1.98. The number of carbonyl (C=O) groups is 1. The third-order valence-corrected chi connectivity index (χ3v) is 1.32. The van der Waals surface area contributed by atoms with Gasteiger partial charge in [0, 0.05) is 16.3 Å². The minimum Gasteiger partial charge on any atom is -0.460 e. The third kappa shape index (κ3) is 4.32. The topological polar surface area (TPSA) is 26.3 Å². The molecule has 0 aliphatic rings. The Hall–Kier alpha value is -0.573. The summed E-state index contributed by atoms with van der Waals surface area (Å²) < 4.78 is 4.85. The molecule has 3 heteroatoms. The summed E-state index contributed by atoms with van der Waals surface area (Å²) in [5, 5.41) is 0. The number of rotatable bonds is 4. The first kappa shape index (κ1) is 9.43. The predicted octanol–water partition coefficient (Wildman–Crippen LogP) is 1.08. The molecule has 0 aromatic carbocycles. The van der Waals surface area contributed by atoms with E-state index in [1.54, 1.807) is 0 Å². The number of esters is 1. The fraction of sp³-hybridized carbons (Fsp3) is 0.571. The van der Waals surface area contributed by atoms with Crippen LogP contribution in [0.5, 0.6) is 0 Å². The van der Waals surface area contributed by atoms with Crippen molar-refractivity contribution < 1.29 is 9.53 Å². The van der Waals surface area contributed by atoms with Crippen molar-refractivity contribution >= 4 is 16.2 Å². The van der Waals surface area contributed by atoms with Crippen LogP contribution in [-0.2, 0) is 9.53 Å². The minimum atomic E-state index is -0.354. The highest BCUT2D eigenvalue weighted by Gasteiger charge is 2.03. The summed E-state index contributed by atoms with van der Waals surface area (Å²) in [4.78, 5) is 10.5. The molecule has 10 heavy (non-hydrogen) atoms. The average Bonchev–Trinajstić information content (AvgIpc) is 1.88. The van der Waals surface area contributed by atoms with Crippen LogP contribution < -0.4 is 0 Å². The molecule has 0 aliphatic heterocycles. The summed E-state index contributed by atoms with van der Waals surface area (Å²) in [5.41, 5.74) is 0. The van der Waals surface area contributed by atoms with Gasteiger partial charge in [-0.05, 0) is 13.3 Å². The monoisotopic (exact) mass is 155 g/mol. The highest BCUT2D eigenvalue weighted by molar-refractivity contribution is 6.08. The van der Waals surface area contributed by atoms with E-state index in [2.05, 4.69) is 16.8 Å². The fourth-order valence-electron chi connectivity index (χ4n) is 0.509. The van der Waals surface area contributed by atoms with Crippen molar-refractivity contribution in [1.29, 1.82) is 0 Å². The van der Waals surface area contributed by atoms with Crippen molar-refractivity contribution in [2.24, 2.45) is 0 Å². The van der Waals surface area contributed by atoms with Crippen LogP contribution in [0.15, 0.2) is 12.7 Å².